The second-order valence-corrected chi connectivity index (χ2v) is 7.11. The standard InChI is InChI=1S/C18H16F5N3OS/c1-26(2)15-6-3-11(19)7-10(15)9-28-17-24-13-5-4-12(8-14(13)25-17)27-18(22,23)16(20)21/h3-8,16H,9H2,1-2H3,(H,24,25). The van der Waals surface area contributed by atoms with Crippen molar-refractivity contribution in [3.63, 3.8) is 0 Å². The van der Waals surface area contributed by atoms with Gasteiger partial charge in [-0.15, -0.1) is 0 Å². The number of aromatic nitrogens is 2. The Labute approximate surface area is 161 Å². The molecular weight excluding hydrogens is 401 g/mol. The fraction of sp³-hybridized carbons (Fsp3) is 0.278. The number of alkyl halides is 4. The number of hydrogen-bond donors (Lipinski definition) is 1. The molecule has 0 unspecified atom stereocenters. The van der Waals surface area contributed by atoms with E-state index in [2.05, 4.69) is 14.7 Å². The highest BCUT2D eigenvalue weighted by Crippen LogP contribution is 2.31. The smallest absolute Gasteiger partial charge is 0.428 e. The van der Waals surface area contributed by atoms with Crippen LogP contribution in [0.1, 0.15) is 5.56 Å². The largest absolute Gasteiger partial charge is 0.461 e. The molecule has 3 rings (SSSR count). The summed E-state index contributed by atoms with van der Waals surface area (Å²) < 4.78 is 68.3. The van der Waals surface area contributed by atoms with Crippen molar-refractivity contribution in [3.05, 3.63) is 47.8 Å². The third-order valence-electron chi connectivity index (χ3n) is 3.83. The van der Waals surface area contributed by atoms with Gasteiger partial charge in [-0.2, -0.15) is 17.6 Å². The summed E-state index contributed by atoms with van der Waals surface area (Å²) in [4.78, 5) is 9.08. The van der Waals surface area contributed by atoms with Gasteiger partial charge in [0, 0.05) is 31.6 Å². The van der Waals surface area contributed by atoms with Crippen molar-refractivity contribution in [3.8, 4) is 5.75 Å². The Balaban J connectivity index is 1.78. The molecule has 0 atom stereocenters. The molecule has 1 heterocycles. The van der Waals surface area contributed by atoms with Crippen LogP contribution in [0.5, 0.6) is 5.75 Å². The van der Waals surface area contributed by atoms with E-state index >= 15 is 0 Å². The monoisotopic (exact) mass is 417 g/mol. The summed E-state index contributed by atoms with van der Waals surface area (Å²) in [5.41, 5.74) is 2.44. The van der Waals surface area contributed by atoms with Crippen LogP contribution in [-0.4, -0.2) is 36.6 Å². The summed E-state index contributed by atoms with van der Waals surface area (Å²) in [5.74, 6) is -0.344. The molecule has 0 amide bonds. The van der Waals surface area contributed by atoms with Gasteiger partial charge in [0.25, 0.3) is 0 Å². The van der Waals surface area contributed by atoms with E-state index in [4.69, 9.17) is 0 Å². The van der Waals surface area contributed by atoms with Crippen LogP contribution >= 0.6 is 11.8 Å². The maximum absolute atomic E-state index is 13.6. The highest BCUT2D eigenvalue weighted by molar-refractivity contribution is 7.98. The zero-order chi connectivity index (χ0) is 20.5. The van der Waals surface area contributed by atoms with Crippen LogP contribution < -0.4 is 9.64 Å². The minimum atomic E-state index is -4.58. The van der Waals surface area contributed by atoms with E-state index in [0.717, 1.165) is 17.3 Å². The fourth-order valence-corrected chi connectivity index (χ4v) is 3.42. The van der Waals surface area contributed by atoms with E-state index in [1.165, 1.54) is 36.0 Å². The molecule has 0 spiro atoms. The maximum atomic E-state index is 13.6. The van der Waals surface area contributed by atoms with Gasteiger partial charge in [0.05, 0.1) is 11.0 Å². The lowest BCUT2D eigenvalue weighted by Crippen LogP contribution is -2.33. The van der Waals surface area contributed by atoms with Gasteiger partial charge in [0.2, 0.25) is 0 Å². The van der Waals surface area contributed by atoms with Crippen molar-refractivity contribution in [1.29, 1.82) is 0 Å². The Morgan fingerprint density at radius 3 is 2.61 bits per heavy atom. The lowest BCUT2D eigenvalue weighted by atomic mass is 10.2. The van der Waals surface area contributed by atoms with Crippen molar-refractivity contribution < 1.29 is 26.7 Å². The predicted molar refractivity (Wildman–Crippen MR) is 98.0 cm³/mol. The second-order valence-electron chi connectivity index (χ2n) is 6.14. The van der Waals surface area contributed by atoms with Crippen molar-refractivity contribution in [1.82, 2.24) is 9.97 Å². The van der Waals surface area contributed by atoms with Crippen molar-refractivity contribution in [2.24, 2.45) is 0 Å². The molecule has 28 heavy (non-hydrogen) atoms. The molecule has 1 N–H and O–H groups in total. The predicted octanol–water partition coefficient (Wildman–Crippen LogP) is 5.30. The van der Waals surface area contributed by atoms with Gasteiger partial charge in [-0.05, 0) is 35.9 Å². The third-order valence-corrected chi connectivity index (χ3v) is 4.75. The number of nitrogens with one attached hydrogen (secondary N) is 1. The van der Waals surface area contributed by atoms with Crippen LogP contribution in [0, 0.1) is 5.82 Å². The van der Waals surface area contributed by atoms with Crippen LogP contribution in [0.15, 0.2) is 41.6 Å². The molecule has 0 aliphatic rings. The molecule has 2 aromatic carbocycles. The SMILES string of the molecule is CN(C)c1ccc(F)cc1CSc1nc2ccc(OC(F)(F)C(F)F)cc2[nH]1. The number of halogens is 5. The third kappa shape index (κ3) is 4.49. The van der Waals surface area contributed by atoms with Gasteiger partial charge >= 0.3 is 12.5 Å². The average molecular weight is 417 g/mol. The summed E-state index contributed by atoms with van der Waals surface area (Å²) in [6.07, 6.45) is -8.51. The van der Waals surface area contributed by atoms with E-state index in [0.29, 0.717) is 21.9 Å². The molecule has 0 bridgehead atoms. The lowest BCUT2D eigenvalue weighted by molar-refractivity contribution is -0.253. The van der Waals surface area contributed by atoms with Crippen molar-refractivity contribution in [2.45, 2.75) is 23.4 Å². The number of thioether (sulfide) groups is 1. The van der Waals surface area contributed by atoms with Gasteiger partial charge in [0.1, 0.15) is 11.6 Å². The minimum Gasteiger partial charge on any atom is -0.428 e. The highest BCUT2D eigenvalue weighted by atomic mass is 32.2. The van der Waals surface area contributed by atoms with E-state index in [1.807, 2.05) is 19.0 Å². The number of ether oxygens (including phenoxy) is 1. The molecule has 0 fully saturated rings. The van der Waals surface area contributed by atoms with E-state index in [9.17, 15) is 22.0 Å². The number of anilines is 1. The first kappa shape index (κ1) is 20.2. The van der Waals surface area contributed by atoms with E-state index in [1.54, 1.807) is 6.07 Å². The van der Waals surface area contributed by atoms with Gasteiger partial charge < -0.3 is 14.6 Å². The number of imidazole rings is 1. The Morgan fingerprint density at radius 1 is 1.18 bits per heavy atom. The van der Waals surface area contributed by atoms with Gasteiger partial charge in [-0.1, -0.05) is 11.8 Å². The maximum Gasteiger partial charge on any atom is 0.461 e. The molecule has 0 radical (unpaired) electrons. The summed E-state index contributed by atoms with van der Waals surface area (Å²) in [6, 6.07) is 8.20. The molecule has 0 saturated carbocycles. The zero-order valence-electron chi connectivity index (χ0n) is 14.8. The summed E-state index contributed by atoms with van der Waals surface area (Å²) in [6.45, 7) is 0. The van der Waals surface area contributed by atoms with Gasteiger partial charge in [-0.3, -0.25) is 0 Å². The van der Waals surface area contributed by atoms with E-state index in [-0.39, 0.29) is 5.82 Å². The highest BCUT2D eigenvalue weighted by Gasteiger charge is 2.44. The molecule has 0 saturated heterocycles. The Morgan fingerprint density at radius 2 is 1.93 bits per heavy atom. The summed E-state index contributed by atoms with van der Waals surface area (Å²) >= 11 is 1.29. The zero-order valence-corrected chi connectivity index (χ0v) is 15.7. The first-order chi connectivity index (χ1) is 13.2. The Kier molecular flexibility index (Phi) is 5.69. The van der Waals surface area contributed by atoms with E-state index < -0.39 is 18.3 Å². The molecule has 0 aliphatic heterocycles. The number of aromatic amines is 1. The number of hydrogen-bond acceptors (Lipinski definition) is 4. The number of fused-ring (bicyclic) bond motifs is 1. The summed E-state index contributed by atoms with van der Waals surface area (Å²) in [7, 11) is 3.69. The molecule has 1 aromatic heterocycles. The van der Waals surface area contributed by atoms with Crippen LogP contribution in [0.2, 0.25) is 0 Å². The molecule has 10 heteroatoms. The van der Waals surface area contributed by atoms with Crippen LogP contribution in [0.25, 0.3) is 11.0 Å². The second kappa shape index (κ2) is 7.86. The van der Waals surface area contributed by atoms with Crippen LogP contribution in [-0.2, 0) is 5.75 Å². The first-order valence-electron chi connectivity index (χ1n) is 8.09. The van der Waals surface area contributed by atoms with Crippen molar-refractivity contribution >= 4 is 28.5 Å². The van der Waals surface area contributed by atoms with Gasteiger partial charge in [0.15, 0.2) is 5.16 Å². The van der Waals surface area contributed by atoms with Crippen LogP contribution in [0.3, 0.4) is 0 Å². The van der Waals surface area contributed by atoms with Crippen molar-refractivity contribution in [2.75, 3.05) is 19.0 Å². The lowest BCUT2D eigenvalue weighted by Gasteiger charge is -2.17. The fourth-order valence-electron chi connectivity index (χ4n) is 2.55. The minimum absolute atomic E-state index is 0.354. The average Bonchev–Trinajstić information content (AvgIpc) is 3.01. The molecular formula is C18H16F5N3OS. The van der Waals surface area contributed by atoms with Gasteiger partial charge in [-0.25, -0.2) is 9.37 Å². The molecule has 0 aliphatic carbocycles. The summed E-state index contributed by atoms with van der Waals surface area (Å²) in [5, 5.41) is 0.474. The quantitative estimate of drug-likeness (QED) is 0.419. The Hall–Kier alpha value is -2.49. The molecule has 4 nitrogen and oxygen atoms in total. The number of H-pyrrole nitrogens is 1. The van der Waals surface area contributed by atoms with Crippen LogP contribution in [0.4, 0.5) is 27.6 Å². The Bertz CT molecular complexity index is 977. The molecule has 3 aromatic rings. The first-order valence-corrected chi connectivity index (χ1v) is 9.07. The number of benzene rings is 2. The normalized spacial score (nSPS) is 12.0. The number of nitrogens with zero attached hydrogens (tertiary/aromatic N) is 2. The molecule has 150 valence electrons. The topological polar surface area (TPSA) is 41.2 Å². The number of rotatable bonds is 7.